The van der Waals surface area contributed by atoms with Gasteiger partial charge in [0.2, 0.25) is 6.10 Å². The van der Waals surface area contributed by atoms with Gasteiger partial charge < -0.3 is 16.0 Å². The number of hydrogen-bond acceptors (Lipinski definition) is 3. The van der Waals surface area contributed by atoms with E-state index < -0.39 is 23.8 Å². The van der Waals surface area contributed by atoms with E-state index in [0.29, 0.717) is 18.6 Å². The van der Waals surface area contributed by atoms with Gasteiger partial charge in [0.05, 0.1) is 17.2 Å². The molecule has 0 aliphatic carbocycles. The Balaban J connectivity index is 0.00000288. The topological polar surface area (TPSA) is 55.8 Å². The Morgan fingerprint density at radius 1 is 1.50 bits per heavy atom. The average Bonchev–Trinajstić information content (AvgIpc) is 2.44. The van der Waals surface area contributed by atoms with E-state index in [0.717, 1.165) is 6.08 Å². The number of hydrogen-bond donors (Lipinski definition) is 1. The van der Waals surface area contributed by atoms with Crippen LogP contribution in [-0.2, 0) is 4.79 Å². The van der Waals surface area contributed by atoms with Gasteiger partial charge in [0.15, 0.2) is 0 Å². The van der Waals surface area contributed by atoms with Crippen molar-refractivity contribution in [3.8, 4) is 11.5 Å². The molecular weight excluding hydrogens is 360 g/mol. The van der Waals surface area contributed by atoms with Crippen molar-refractivity contribution in [1.29, 1.82) is 0 Å². The van der Waals surface area contributed by atoms with Crippen LogP contribution in [0.2, 0.25) is 5.02 Å². The van der Waals surface area contributed by atoms with Crippen molar-refractivity contribution in [2.24, 2.45) is 0 Å². The van der Waals surface area contributed by atoms with Gasteiger partial charge >= 0.3 is 41.7 Å². The molecule has 0 amide bonds. The normalized spacial score (nSPS) is 16.4. The van der Waals surface area contributed by atoms with E-state index in [-0.39, 0.29) is 53.1 Å². The molecule has 0 saturated heterocycles. The number of carboxylic acids is 1. The fourth-order valence-corrected chi connectivity index (χ4v) is 2.57. The summed E-state index contributed by atoms with van der Waals surface area (Å²) in [6, 6.07) is 1.34. The van der Waals surface area contributed by atoms with E-state index in [1.165, 1.54) is 13.0 Å². The van der Waals surface area contributed by atoms with E-state index in [1.54, 1.807) is 0 Å². The molecule has 24 heavy (non-hydrogen) atoms. The van der Waals surface area contributed by atoms with Gasteiger partial charge in [0, 0.05) is 11.1 Å². The summed E-state index contributed by atoms with van der Waals surface area (Å²) in [5.41, 5.74) is -0.409. The van der Waals surface area contributed by atoms with Crippen molar-refractivity contribution in [3.63, 3.8) is 0 Å². The Hall–Kier alpha value is -0.890. The minimum atomic E-state index is -4.85. The maximum Gasteiger partial charge on any atom is 1.00 e. The molecule has 0 bridgehead atoms. The second kappa shape index (κ2) is 7.99. The van der Waals surface area contributed by atoms with Crippen LogP contribution < -0.4 is 39.0 Å². The number of rotatable bonds is 4. The molecule has 9 heteroatoms. The second-order valence-corrected chi connectivity index (χ2v) is 5.43. The number of alkyl halides is 3. The first-order chi connectivity index (χ1) is 10.7. The summed E-state index contributed by atoms with van der Waals surface area (Å²) in [5.74, 6) is -1.54. The molecular formula is C15H15ClF3NaO4. The number of halogens is 4. The number of fused-ring (bicyclic) bond motifs is 1. The van der Waals surface area contributed by atoms with Crippen LogP contribution in [-0.4, -0.2) is 30.0 Å². The number of ether oxygens (including phenoxy) is 2. The van der Waals surface area contributed by atoms with E-state index in [4.69, 9.17) is 26.2 Å². The summed E-state index contributed by atoms with van der Waals surface area (Å²) in [5, 5.41) is 9.19. The first kappa shape index (κ1) is 21.2. The average molecular weight is 375 g/mol. The molecule has 1 aliphatic heterocycles. The third kappa shape index (κ3) is 4.20. The monoisotopic (exact) mass is 374 g/mol. The summed E-state index contributed by atoms with van der Waals surface area (Å²) < 4.78 is 49.6. The fraction of sp³-hybridized carbons (Fsp3) is 0.400. The van der Waals surface area contributed by atoms with Gasteiger partial charge in [-0.3, -0.25) is 0 Å². The van der Waals surface area contributed by atoms with Crippen LogP contribution >= 0.6 is 11.6 Å². The van der Waals surface area contributed by atoms with Crippen molar-refractivity contribution < 1.29 is 63.5 Å². The largest absolute Gasteiger partial charge is 1.00 e. The molecule has 0 saturated carbocycles. The Morgan fingerprint density at radius 3 is 2.62 bits per heavy atom. The fourth-order valence-electron chi connectivity index (χ4n) is 2.25. The number of benzene rings is 1. The maximum atomic E-state index is 13.1. The first-order valence-electron chi connectivity index (χ1n) is 6.81. The van der Waals surface area contributed by atoms with Crippen LogP contribution in [0.4, 0.5) is 13.2 Å². The molecule has 1 aromatic carbocycles. The van der Waals surface area contributed by atoms with Crippen LogP contribution in [0, 0.1) is 6.92 Å². The Labute approximate surface area is 165 Å². The zero-order valence-electron chi connectivity index (χ0n) is 14.3. The van der Waals surface area contributed by atoms with Gasteiger partial charge in [-0.05, 0) is 25.5 Å². The van der Waals surface area contributed by atoms with Crippen LogP contribution in [0.15, 0.2) is 11.6 Å². The molecule has 0 spiro atoms. The Morgan fingerprint density at radius 2 is 2.12 bits per heavy atom. The SMILES string of the molecule is CCCOc1c(Cl)cc2c(c1C)OC(C(F)(F)F)C(C(=O)O)=C2.[H-].[Na+]. The summed E-state index contributed by atoms with van der Waals surface area (Å²) in [6.07, 6.45) is -5.76. The predicted molar refractivity (Wildman–Crippen MR) is 79.2 cm³/mol. The minimum Gasteiger partial charge on any atom is -1.00 e. The summed E-state index contributed by atoms with van der Waals surface area (Å²) in [4.78, 5) is 11.1. The summed E-state index contributed by atoms with van der Waals surface area (Å²) in [6.45, 7) is 3.74. The molecule has 1 N–H and O–H groups in total. The van der Waals surface area contributed by atoms with E-state index in [2.05, 4.69) is 0 Å². The Bertz CT molecular complexity index is 680. The molecule has 1 unspecified atom stereocenters. The minimum absolute atomic E-state index is 0. The van der Waals surface area contributed by atoms with Crippen LogP contribution in [0.3, 0.4) is 0 Å². The molecule has 2 rings (SSSR count). The smallest absolute Gasteiger partial charge is 1.00 e. The van der Waals surface area contributed by atoms with Gasteiger partial charge in [0.1, 0.15) is 11.5 Å². The van der Waals surface area contributed by atoms with Crippen molar-refractivity contribution in [1.82, 2.24) is 0 Å². The third-order valence-electron chi connectivity index (χ3n) is 3.27. The molecule has 0 radical (unpaired) electrons. The number of aliphatic carboxylic acids is 1. The third-order valence-corrected chi connectivity index (χ3v) is 3.55. The molecule has 1 heterocycles. The molecule has 1 aliphatic rings. The zero-order chi connectivity index (χ0) is 17.4. The van der Waals surface area contributed by atoms with Crippen molar-refractivity contribution >= 4 is 23.6 Å². The van der Waals surface area contributed by atoms with Gasteiger partial charge in [-0.2, -0.15) is 13.2 Å². The van der Waals surface area contributed by atoms with Gasteiger partial charge in [-0.1, -0.05) is 18.5 Å². The first-order valence-corrected chi connectivity index (χ1v) is 7.18. The molecule has 0 aromatic heterocycles. The van der Waals surface area contributed by atoms with Gasteiger partial charge in [0.25, 0.3) is 0 Å². The van der Waals surface area contributed by atoms with Crippen LogP contribution in [0.1, 0.15) is 25.9 Å². The molecule has 1 aromatic rings. The van der Waals surface area contributed by atoms with E-state index >= 15 is 0 Å². The Kier molecular flexibility index (Phi) is 7.04. The maximum absolute atomic E-state index is 13.1. The standard InChI is InChI=1S/C15H14ClF3O4.Na.H/c1-3-4-22-12-7(2)11-8(6-10(12)16)5-9(14(20)21)13(23-11)15(17,18)19;;/h5-6,13H,3-4H2,1-2H3,(H,20,21);;/q;+1;-1. The van der Waals surface area contributed by atoms with E-state index in [9.17, 15) is 18.0 Å². The zero-order valence-corrected chi connectivity index (χ0v) is 16.1. The van der Waals surface area contributed by atoms with Crippen LogP contribution in [0.25, 0.3) is 6.08 Å². The molecule has 128 valence electrons. The molecule has 0 fully saturated rings. The number of carboxylic acid groups (broad SMARTS) is 1. The molecule has 1 atom stereocenters. The summed E-state index contributed by atoms with van der Waals surface area (Å²) >= 11 is 6.08. The van der Waals surface area contributed by atoms with E-state index in [1.807, 2.05) is 6.92 Å². The van der Waals surface area contributed by atoms with Crippen molar-refractivity contribution in [2.45, 2.75) is 32.5 Å². The summed E-state index contributed by atoms with van der Waals surface area (Å²) in [7, 11) is 0. The predicted octanol–water partition coefficient (Wildman–Crippen LogP) is 1.35. The van der Waals surface area contributed by atoms with Gasteiger partial charge in [-0.25, -0.2) is 4.79 Å². The van der Waals surface area contributed by atoms with Crippen molar-refractivity contribution in [3.05, 3.63) is 27.8 Å². The van der Waals surface area contributed by atoms with Crippen LogP contribution in [0.5, 0.6) is 11.5 Å². The number of carbonyl (C=O) groups is 1. The molecule has 4 nitrogen and oxygen atoms in total. The quantitative estimate of drug-likeness (QED) is 0.808. The second-order valence-electron chi connectivity index (χ2n) is 5.02. The van der Waals surface area contributed by atoms with Crippen molar-refractivity contribution in [2.75, 3.05) is 6.61 Å². The van der Waals surface area contributed by atoms with Gasteiger partial charge in [-0.15, -0.1) is 0 Å².